The SMILES string of the molecule is O=C1N=C(Nc2c(Cl)cccc2Cl)SC1=CC1=CC2=CNSN2C=C1. The maximum Gasteiger partial charge on any atom is 0.286 e. The summed E-state index contributed by atoms with van der Waals surface area (Å²) in [5.41, 5.74) is 2.49. The molecule has 0 fully saturated rings. The Bertz CT molecular complexity index is 900. The standard InChI is InChI=1S/C16H10Cl2N4OS2/c17-11-2-1-3-12(18)14(11)20-16-21-15(23)13(24-16)7-9-4-5-22-10(6-9)8-19-25-22/h1-8,19H,(H,20,21,23). The smallest absolute Gasteiger partial charge is 0.286 e. The van der Waals surface area contributed by atoms with E-state index in [1.807, 2.05) is 34.9 Å². The topological polar surface area (TPSA) is 56.7 Å². The highest BCUT2D eigenvalue weighted by atomic mass is 35.5. The molecule has 0 aliphatic carbocycles. The van der Waals surface area contributed by atoms with Crippen LogP contribution in [0.5, 0.6) is 0 Å². The van der Waals surface area contributed by atoms with Crippen LogP contribution in [0.1, 0.15) is 0 Å². The number of hydrogen-bond donors (Lipinski definition) is 2. The van der Waals surface area contributed by atoms with Gasteiger partial charge in [-0.25, -0.2) is 0 Å². The average Bonchev–Trinajstić information content (AvgIpc) is 3.18. The number of nitrogens with zero attached hydrogens (tertiary/aromatic N) is 2. The van der Waals surface area contributed by atoms with Gasteiger partial charge in [0.25, 0.3) is 5.91 Å². The van der Waals surface area contributed by atoms with Crippen molar-refractivity contribution < 1.29 is 4.79 Å². The van der Waals surface area contributed by atoms with Gasteiger partial charge in [0.1, 0.15) is 0 Å². The van der Waals surface area contributed by atoms with Gasteiger partial charge < -0.3 is 10.0 Å². The van der Waals surface area contributed by atoms with Gasteiger partial charge in [0.2, 0.25) is 0 Å². The van der Waals surface area contributed by atoms with Crippen molar-refractivity contribution in [1.82, 2.24) is 9.03 Å². The number of allylic oxidation sites excluding steroid dienone is 4. The summed E-state index contributed by atoms with van der Waals surface area (Å²) < 4.78 is 5.06. The Morgan fingerprint density at radius 1 is 1.28 bits per heavy atom. The maximum absolute atomic E-state index is 12.2. The monoisotopic (exact) mass is 408 g/mol. The summed E-state index contributed by atoms with van der Waals surface area (Å²) in [5.74, 6) is -0.291. The third-order valence-corrected chi connectivity index (χ3v) is 5.72. The number of thioether (sulfide) groups is 1. The fourth-order valence-corrected chi connectivity index (χ4v) is 4.21. The van der Waals surface area contributed by atoms with Crippen LogP contribution in [0.2, 0.25) is 10.0 Å². The summed E-state index contributed by atoms with van der Waals surface area (Å²) in [6.07, 6.45) is 9.59. The molecule has 0 spiro atoms. The van der Waals surface area contributed by atoms with Crippen LogP contribution in [0.15, 0.2) is 70.0 Å². The van der Waals surface area contributed by atoms with Crippen molar-refractivity contribution in [3.63, 3.8) is 0 Å². The van der Waals surface area contributed by atoms with E-state index in [0.29, 0.717) is 25.8 Å². The number of hydrogen-bond acceptors (Lipinski definition) is 6. The highest BCUT2D eigenvalue weighted by Crippen LogP contribution is 2.35. The molecule has 0 bridgehead atoms. The molecule has 0 saturated carbocycles. The van der Waals surface area contributed by atoms with Gasteiger partial charge in [-0.05, 0) is 47.7 Å². The molecule has 1 amide bonds. The number of para-hydroxylation sites is 1. The van der Waals surface area contributed by atoms with E-state index in [4.69, 9.17) is 23.2 Å². The molecule has 3 heterocycles. The molecule has 0 unspecified atom stereocenters. The van der Waals surface area contributed by atoms with Gasteiger partial charge in [-0.3, -0.25) is 9.10 Å². The molecule has 3 aliphatic heterocycles. The van der Waals surface area contributed by atoms with E-state index in [9.17, 15) is 4.79 Å². The van der Waals surface area contributed by atoms with E-state index in [1.165, 1.54) is 23.9 Å². The molecular formula is C16H10Cl2N4OS2. The molecule has 0 saturated heterocycles. The Morgan fingerprint density at radius 3 is 2.88 bits per heavy atom. The number of carbonyl (C=O) groups excluding carboxylic acids is 1. The normalized spacial score (nSPS) is 20.2. The molecule has 0 aromatic heterocycles. The van der Waals surface area contributed by atoms with Crippen molar-refractivity contribution in [2.24, 2.45) is 4.99 Å². The van der Waals surface area contributed by atoms with E-state index in [2.05, 4.69) is 15.0 Å². The van der Waals surface area contributed by atoms with E-state index in [1.54, 1.807) is 18.2 Å². The number of aliphatic imine (C=N–C) groups is 1. The number of halogens is 2. The van der Waals surface area contributed by atoms with Gasteiger partial charge in [-0.15, -0.1) is 0 Å². The summed E-state index contributed by atoms with van der Waals surface area (Å²) in [7, 11) is 0. The molecule has 1 aromatic carbocycles. The Morgan fingerprint density at radius 2 is 2.08 bits per heavy atom. The predicted octanol–water partition coefficient (Wildman–Crippen LogP) is 4.68. The Labute approximate surface area is 162 Å². The van der Waals surface area contributed by atoms with E-state index in [-0.39, 0.29) is 5.91 Å². The summed E-state index contributed by atoms with van der Waals surface area (Å²) in [6.45, 7) is 0. The molecule has 4 rings (SSSR count). The lowest BCUT2D eigenvalue weighted by molar-refractivity contribution is -0.113. The van der Waals surface area contributed by atoms with Crippen molar-refractivity contribution in [2.75, 3.05) is 5.32 Å². The van der Waals surface area contributed by atoms with Crippen LogP contribution in [0.25, 0.3) is 0 Å². The zero-order chi connectivity index (χ0) is 17.4. The molecule has 1 aromatic rings. The lowest BCUT2D eigenvalue weighted by Gasteiger charge is -2.16. The van der Waals surface area contributed by atoms with Crippen molar-refractivity contribution in [3.05, 3.63) is 75.0 Å². The molecule has 25 heavy (non-hydrogen) atoms. The van der Waals surface area contributed by atoms with Gasteiger partial charge in [0.15, 0.2) is 5.17 Å². The largest absolute Gasteiger partial charge is 0.332 e. The van der Waals surface area contributed by atoms with E-state index >= 15 is 0 Å². The lowest BCUT2D eigenvalue weighted by atomic mass is 10.1. The van der Waals surface area contributed by atoms with Gasteiger partial charge in [0, 0.05) is 12.4 Å². The first-order chi connectivity index (χ1) is 12.1. The molecule has 2 N–H and O–H groups in total. The summed E-state index contributed by atoms with van der Waals surface area (Å²) >= 11 is 15.0. The summed E-state index contributed by atoms with van der Waals surface area (Å²) in [5, 5.41) is 4.42. The second-order valence-electron chi connectivity index (χ2n) is 5.12. The minimum atomic E-state index is -0.291. The number of rotatable bonds is 2. The van der Waals surface area contributed by atoms with Crippen molar-refractivity contribution in [1.29, 1.82) is 0 Å². The fourth-order valence-electron chi connectivity index (χ4n) is 2.28. The van der Waals surface area contributed by atoms with Crippen LogP contribution >= 0.6 is 47.1 Å². The zero-order valence-electron chi connectivity index (χ0n) is 12.5. The van der Waals surface area contributed by atoms with Crippen molar-refractivity contribution in [2.45, 2.75) is 0 Å². The maximum atomic E-state index is 12.2. The molecule has 3 aliphatic rings. The van der Waals surface area contributed by atoms with Gasteiger partial charge in [-0.1, -0.05) is 29.3 Å². The highest BCUT2D eigenvalue weighted by Gasteiger charge is 2.24. The molecule has 0 radical (unpaired) electrons. The first-order valence-corrected chi connectivity index (χ1v) is 9.50. The Hall–Kier alpha value is -1.80. The van der Waals surface area contributed by atoms with Crippen LogP contribution in [-0.2, 0) is 4.79 Å². The molecule has 0 atom stereocenters. The fraction of sp³-hybridized carbons (Fsp3) is 0. The van der Waals surface area contributed by atoms with E-state index < -0.39 is 0 Å². The first kappa shape index (κ1) is 16.7. The zero-order valence-corrected chi connectivity index (χ0v) is 15.6. The van der Waals surface area contributed by atoms with Gasteiger partial charge in [0.05, 0.1) is 38.5 Å². The summed E-state index contributed by atoms with van der Waals surface area (Å²) in [6, 6.07) is 5.20. The number of carbonyl (C=O) groups is 1. The number of benzene rings is 1. The van der Waals surface area contributed by atoms with Crippen LogP contribution in [0.4, 0.5) is 5.69 Å². The number of amidine groups is 1. The number of nitrogens with one attached hydrogen (secondary N) is 2. The number of anilines is 1. The Balaban J connectivity index is 1.52. The van der Waals surface area contributed by atoms with E-state index in [0.717, 1.165) is 11.3 Å². The van der Waals surface area contributed by atoms with Gasteiger partial charge >= 0.3 is 0 Å². The molecule has 9 heteroatoms. The first-order valence-electron chi connectivity index (χ1n) is 7.15. The van der Waals surface area contributed by atoms with Crippen LogP contribution < -0.4 is 10.0 Å². The predicted molar refractivity (Wildman–Crippen MR) is 106 cm³/mol. The highest BCUT2D eigenvalue weighted by molar-refractivity contribution is 8.18. The second-order valence-corrected chi connectivity index (χ2v) is 7.78. The quantitative estimate of drug-likeness (QED) is 0.547. The van der Waals surface area contributed by atoms with Crippen molar-refractivity contribution >= 4 is 63.9 Å². The molecule has 126 valence electrons. The molecule has 5 nitrogen and oxygen atoms in total. The van der Waals surface area contributed by atoms with Crippen LogP contribution in [0.3, 0.4) is 0 Å². The lowest BCUT2D eigenvalue weighted by Crippen LogP contribution is -2.06. The van der Waals surface area contributed by atoms with Crippen molar-refractivity contribution in [3.8, 4) is 0 Å². The summed E-state index contributed by atoms with van der Waals surface area (Å²) in [4.78, 5) is 16.7. The average molecular weight is 409 g/mol. The Kier molecular flexibility index (Phi) is 4.56. The van der Waals surface area contributed by atoms with Crippen LogP contribution in [-0.4, -0.2) is 15.4 Å². The molecular weight excluding hydrogens is 399 g/mol. The minimum Gasteiger partial charge on any atom is -0.332 e. The minimum absolute atomic E-state index is 0.291. The number of amides is 1. The number of fused-ring (bicyclic) bond motifs is 1. The third kappa shape index (κ3) is 3.46. The second kappa shape index (κ2) is 6.84. The van der Waals surface area contributed by atoms with Crippen LogP contribution in [0, 0.1) is 0 Å². The third-order valence-electron chi connectivity index (χ3n) is 3.44. The van der Waals surface area contributed by atoms with Gasteiger partial charge in [-0.2, -0.15) is 4.99 Å².